The highest BCUT2D eigenvalue weighted by atomic mass is 32.1. The smallest absolute Gasteiger partial charge is 0.191 e. The first-order valence-electron chi connectivity index (χ1n) is 6.20. The van der Waals surface area contributed by atoms with Gasteiger partial charge < -0.3 is 10.6 Å². The van der Waals surface area contributed by atoms with Gasteiger partial charge in [0.1, 0.15) is 0 Å². The molecule has 0 radical (unpaired) electrons. The highest BCUT2D eigenvalue weighted by Crippen LogP contribution is 2.09. The Labute approximate surface area is 108 Å². The standard InChI is InChI=1S/C13H23N3S/c1-5-14-13(16-11(4)10(2)3)15-9-12-7-6-8-17-12/h6-8,10-11H,5,9H2,1-4H3,(H2,14,15,16). The lowest BCUT2D eigenvalue weighted by atomic mass is 10.1. The lowest BCUT2D eigenvalue weighted by Crippen LogP contribution is -2.44. The first-order valence-corrected chi connectivity index (χ1v) is 7.08. The molecule has 0 aliphatic rings. The molecule has 0 aliphatic carbocycles. The van der Waals surface area contributed by atoms with Crippen molar-refractivity contribution < 1.29 is 0 Å². The summed E-state index contributed by atoms with van der Waals surface area (Å²) in [5.41, 5.74) is 0. The summed E-state index contributed by atoms with van der Waals surface area (Å²) < 4.78 is 0. The molecule has 4 heteroatoms. The van der Waals surface area contributed by atoms with Crippen LogP contribution in [0.4, 0.5) is 0 Å². The predicted molar refractivity (Wildman–Crippen MR) is 76.6 cm³/mol. The van der Waals surface area contributed by atoms with Crippen molar-refractivity contribution in [1.29, 1.82) is 0 Å². The average molecular weight is 253 g/mol. The van der Waals surface area contributed by atoms with E-state index in [0.717, 1.165) is 19.0 Å². The minimum Gasteiger partial charge on any atom is -0.357 e. The monoisotopic (exact) mass is 253 g/mol. The van der Waals surface area contributed by atoms with Crippen molar-refractivity contribution in [2.45, 2.75) is 40.3 Å². The van der Waals surface area contributed by atoms with Crippen LogP contribution < -0.4 is 10.6 Å². The Morgan fingerprint density at radius 3 is 2.71 bits per heavy atom. The highest BCUT2D eigenvalue weighted by molar-refractivity contribution is 7.09. The molecule has 1 heterocycles. The van der Waals surface area contributed by atoms with E-state index in [1.54, 1.807) is 11.3 Å². The molecule has 0 saturated heterocycles. The van der Waals surface area contributed by atoms with E-state index in [1.807, 2.05) is 0 Å². The second kappa shape index (κ2) is 7.33. The molecule has 1 aromatic rings. The van der Waals surface area contributed by atoms with Crippen LogP contribution in [0.5, 0.6) is 0 Å². The summed E-state index contributed by atoms with van der Waals surface area (Å²) in [7, 11) is 0. The molecule has 3 nitrogen and oxygen atoms in total. The molecule has 0 saturated carbocycles. The first kappa shape index (κ1) is 14.0. The van der Waals surface area contributed by atoms with E-state index in [2.05, 4.69) is 60.8 Å². The lowest BCUT2D eigenvalue weighted by Gasteiger charge is -2.20. The summed E-state index contributed by atoms with van der Waals surface area (Å²) in [5, 5.41) is 8.78. The van der Waals surface area contributed by atoms with Crippen molar-refractivity contribution >= 4 is 17.3 Å². The molecule has 17 heavy (non-hydrogen) atoms. The third kappa shape index (κ3) is 5.22. The van der Waals surface area contributed by atoms with Gasteiger partial charge in [-0.2, -0.15) is 0 Å². The lowest BCUT2D eigenvalue weighted by molar-refractivity contribution is 0.481. The minimum absolute atomic E-state index is 0.427. The molecule has 1 unspecified atom stereocenters. The fourth-order valence-corrected chi connectivity index (χ4v) is 1.89. The van der Waals surface area contributed by atoms with Crippen LogP contribution in [0.2, 0.25) is 0 Å². The van der Waals surface area contributed by atoms with Crippen molar-refractivity contribution in [3.05, 3.63) is 22.4 Å². The van der Waals surface area contributed by atoms with Crippen molar-refractivity contribution in [3.8, 4) is 0 Å². The van der Waals surface area contributed by atoms with Crippen molar-refractivity contribution in [2.24, 2.45) is 10.9 Å². The second-order valence-electron chi connectivity index (χ2n) is 4.45. The first-order chi connectivity index (χ1) is 8.13. The number of hydrogen-bond acceptors (Lipinski definition) is 2. The number of rotatable bonds is 5. The van der Waals surface area contributed by atoms with E-state index in [4.69, 9.17) is 0 Å². The van der Waals surface area contributed by atoms with E-state index < -0.39 is 0 Å². The largest absolute Gasteiger partial charge is 0.357 e. The molecule has 96 valence electrons. The van der Waals surface area contributed by atoms with Gasteiger partial charge in [-0.3, -0.25) is 0 Å². The minimum atomic E-state index is 0.427. The van der Waals surface area contributed by atoms with Crippen LogP contribution in [-0.2, 0) is 6.54 Å². The van der Waals surface area contributed by atoms with Gasteiger partial charge in [-0.15, -0.1) is 11.3 Å². The average Bonchev–Trinajstić information content (AvgIpc) is 2.78. The van der Waals surface area contributed by atoms with Gasteiger partial charge in [-0.1, -0.05) is 19.9 Å². The molecule has 0 fully saturated rings. The summed E-state index contributed by atoms with van der Waals surface area (Å²) in [6.45, 7) is 10.3. The van der Waals surface area contributed by atoms with Gasteiger partial charge in [0.05, 0.1) is 6.54 Å². The van der Waals surface area contributed by atoms with Gasteiger partial charge in [0, 0.05) is 17.5 Å². The van der Waals surface area contributed by atoms with Crippen LogP contribution in [0.25, 0.3) is 0 Å². The summed E-state index contributed by atoms with van der Waals surface area (Å²) >= 11 is 1.75. The Kier molecular flexibility index (Phi) is 6.05. The third-order valence-electron chi connectivity index (χ3n) is 2.68. The van der Waals surface area contributed by atoms with E-state index >= 15 is 0 Å². The van der Waals surface area contributed by atoms with Crippen LogP contribution in [0.15, 0.2) is 22.5 Å². The maximum Gasteiger partial charge on any atom is 0.191 e. The van der Waals surface area contributed by atoms with Crippen molar-refractivity contribution in [1.82, 2.24) is 10.6 Å². The zero-order valence-corrected chi connectivity index (χ0v) is 12.0. The van der Waals surface area contributed by atoms with E-state index in [0.29, 0.717) is 12.0 Å². The van der Waals surface area contributed by atoms with E-state index in [9.17, 15) is 0 Å². The van der Waals surface area contributed by atoms with Crippen LogP contribution in [-0.4, -0.2) is 18.5 Å². The molecular weight excluding hydrogens is 230 g/mol. The summed E-state index contributed by atoms with van der Waals surface area (Å²) in [6, 6.07) is 4.60. The van der Waals surface area contributed by atoms with Gasteiger partial charge >= 0.3 is 0 Å². The van der Waals surface area contributed by atoms with Gasteiger partial charge in [0.15, 0.2) is 5.96 Å². The van der Waals surface area contributed by atoms with Crippen molar-refractivity contribution in [3.63, 3.8) is 0 Å². The Morgan fingerprint density at radius 1 is 1.41 bits per heavy atom. The molecule has 0 aromatic carbocycles. The fraction of sp³-hybridized carbons (Fsp3) is 0.615. The highest BCUT2D eigenvalue weighted by Gasteiger charge is 2.08. The van der Waals surface area contributed by atoms with Crippen LogP contribution in [0.1, 0.15) is 32.6 Å². The molecule has 0 bridgehead atoms. The van der Waals surface area contributed by atoms with Gasteiger partial charge in [-0.05, 0) is 31.2 Å². The van der Waals surface area contributed by atoms with E-state index in [1.165, 1.54) is 4.88 Å². The maximum atomic E-state index is 4.58. The zero-order chi connectivity index (χ0) is 12.7. The molecule has 2 N–H and O–H groups in total. The van der Waals surface area contributed by atoms with Gasteiger partial charge in [0.25, 0.3) is 0 Å². The zero-order valence-electron chi connectivity index (χ0n) is 11.2. The molecule has 1 aromatic heterocycles. The number of guanidine groups is 1. The number of nitrogens with zero attached hydrogens (tertiary/aromatic N) is 1. The molecule has 0 amide bonds. The second-order valence-corrected chi connectivity index (χ2v) is 5.48. The molecular formula is C13H23N3S. The molecule has 0 spiro atoms. The van der Waals surface area contributed by atoms with Crippen LogP contribution >= 0.6 is 11.3 Å². The van der Waals surface area contributed by atoms with Crippen LogP contribution in [0, 0.1) is 5.92 Å². The molecule has 1 rings (SSSR count). The predicted octanol–water partition coefficient (Wildman–Crippen LogP) is 2.85. The quantitative estimate of drug-likeness (QED) is 0.625. The number of thiophene rings is 1. The Bertz CT molecular complexity index is 330. The van der Waals surface area contributed by atoms with Gasteiger partial charge in [0.2, 0.25) is 0 Å². The van der Waals surface area contributed by atoms with Crippen molar-refractivity contribution in [2.75, 3.05) is 6.54 Å². The molecule has 1 atom stereocenters. The van der Waals surface area contributed by atoms with E-state index in [-0.39, 0.29) is 0 Å². The van der Waals surface area contributed by atoms with Gasteiger partial charge in [-0.25, -0.2) is 4.99 Å². The Balaban J connectivity index is 2.55. The third-order valence-corrected chi connectivity index (χ3v) is 3.54. The fourth-order valence-electron chi connectivity index (χ4n) is 1.26. The summed E-state index contributed by atoms with van der Waals surface area (Å²) in [6.07, 6.45) is 0. The Morgan fingerprint density at radius 2 is 2.18 bits per heavy atom. The number of nitrogens with one attached hydrogen (secondary N) is 2. The number of hydrogen-bond donors (Lipinski definition) is 2. The number of aliphatic imine (C=N–C) groups is 1. The summed E-state index contributed by atoms with van der Waals surface area (Å²) in [5.74, 6) is 1.50. The summed E-state index contributed by atoms with van der Waals surface area (Å²) in [4.78, 5) is 5.87. The molecule has 0 aliphatic heterocycles. The maximum absolute atomic E-state index is 4.58. The topological polar surface area (TPSA) is 36.4 Å². The van der Waals surface area contributed by atoms with Crippen LogP contribution in [0.3, 0.4) is 0 Å². The Hall–Kier alpha value is -1.03. The SMILES string of the molecule is CCNC(=NCc1cccs1)NC(C)C(C)C. The normalized spacial score (nSPS) is 13.8.